The van der Waals surface area contributed by atoms with Crippen LogP contribution in [0.4, 0.5) is 5.69 Å². The molecule has 8 heteroatoms. The summed E-state index contributed by atoms with van der Waals surface area (Å²) >= 11 is 6.17. The highest BCUT2D eigenvalue weighted by molar-refractivity contribution is 6.31. The molecule has 7 nitrogen and oxygen atoms in total. The van der Waals surface area contributed by atoms with Crippen LogP contribution in [-0.4, -0.2) is 37.9 Å². The third kappa shape index (κ3) is 6.07. The fourth-order valence-electron chi connectivity index (χ4n) is 4.02. The molecule has 0 radical (unpaired) electrons. The summed E-state index contributed by atoms with van der Waals surface area (Å²) in [7, 11) is 1.92. The number of Topliss-reactive ketones (excluding diaryl/α,β-unsaturated/α-hetero) is 1. The molecular weight excluding hydrogens is 428 g/mol. The van der Waals surface area contributed by atoms with Gasteiger partial charge in [-0.25, -0.2) is 4.98 Å². The number of anilines is 1. The molecule has 0 saturated heterocycles. The average Bonchev–Trinajstić information content (AvgIpc) is 3.01. The van der Waals surface area contributed by atoms with Crippen LogP contribution in [0, 0.1) is 5.92 Å². The topological polar surface area (TPSA) is 97.1 Å². The summed E-state index contributed by atoms with van der Waals surface area (Å²) in [6.45, 7) is 2.65. The summed E-state index contributed by atoms with van der Waals surface area (Å²) in [5, 5.41) is 13.6. The number of halogens is 1. The Kier molecular flexibility index (Phi) is 8.22. The van der Waals surface area contributed by atoms with Gasteiger partial charge in [-0.15, -0.1) is 0 Å². The normalized spacial score (nSPS) is 12.1. The second kappa shape index (κ2) is 11.1. The van der Waals surface area contributed by atoms with Crippen molar-refractivity contribution in [3.05, 3.63) is 53.1 Å². The minimum atomic E-state index is -0.895. The van der Waals surface area contributed by atoms with E-state index in [2.05, 4.69) is 15.3 Å². The number of pyridine rings is 2. The number of hydrogen-bond donors (Lipinski definition) is 2. The highest BCUT2D eigenvalue weighted by Crippen LogP contribution is 2.30. The zero-order valence-electron chi connectivity index (χ0n) is 18.5. The Morgan fingerprint density at radius 2 is 2.03 bits per heavy atom. The molecule has 0 saturated carbocycles. The second-order valence-electron chi connectivity index (χ2n) is 8.21. The molecule has 3 rings (SSSR count). The maximum Gasteiger partial charge on any atom is 0.303 e. The lowest BCUT2D eigenvalue weighted by molar-refractivity contribution is -0.137. The average molecular weight is 457 g/mol. The van der Waals surface area contributed by atoms with Crippen molar-refractivity contribution in [1.29, 1.82) is 0 Å². The largest absolute Gasteiger partial charge is 0.481 e. The fraction of sp³-hybridized carbons (Fsp3) is 0.417. The van der Waals surface area contributed by atoms with Crippen LogP contribution in [-0.2, 0) is 18.3 Å². The lowest BCUT2D eigenvalue weighted by atomic mass is 9.94. The number of carbonyl (C=O) groups excluding carboxylic acids is 1. The monoisotopic (exact) mass is 456 g/mol. The Bertz CT molecular complexity index is 1080. The number of fused-ring (bicyclic) bond motifs is 1. The number of aromatic nitrogens is 3. The number of carboxylic acid groups (broad SMARTS) is 1. The van der Waals surface area contributed by atoms with Crippen molar-refractivity contribution in [3.63, 3.8) is 0 Å². The molecule has 0 fully saturated rings. The first-order valence-electron chi connectivity index (χ1n) is 10.9. The van der Waals surface area contributed by atoms with Crippen molar-refractivity contribution < 1.29 is 14.7 Å². The molecule has 0 unspecified atom stereocenters. The van der Waals surface area contributed by atoms with E-state index in [1.807, 2.05) is 23.7 Å². The molecule has 0 bridgehead atoms. The summed E-state index contributed by atoms with van der Waals surface area (Å²) in [5.74, 6) is -1.19. The predicted octanol–water partition coefficient (Wildman–Crippen LogP) is 5.13. The highest BCUT2D eigenvalue weighted by Gasteiger charge is 2.24. The molecule has 2 N–H and O–H groups in total. The van der Waals surface area contributed by atoms with Crippen molar-refractivity contribution >= 4 is 40.1 Å². The molecule has 0 aliphatic rings. The molecule has 0 aromatic carbocycles. The summed E-state index contributed by atoms with van der Waals surface area (Å²) in [4.78, 5) is 32.7. The number of rotatable bonds is 12. The van der Waals surface area contributed by atoms with Gasteiger partial charge in [-0.05, 0) is 43.4 Å². The van der Waals surface area contributed by atoms with Gasteiger partial charge in [-0.2, -0.15) is 0 Å². The molecule has 3 heterocycles. The minimum absolute atomic E-state index is 0.0330. The Hall–Kier alpha value is -2.93. The van der Waals surface area contributed by atoms with Gasteiger partial charge < -0.3 is 15.0 Å². The molecule has 0 amide bonds. The summed E-state index contributed by atoms with van der Waals surface area (Å²) in [6, 6.07) is 5.67. The van der Waals surface area contributed by atoms with Gasteiger partial charge >= 0.3 is 5.97 Å². The highest BCUT2D eigenvalue weighted by atomic mass is 35.5. The number of nitrogens with zero attached hydrogens (tertiary/aromatic N) is 3. The van der Waals surface area contributed by atoms with Crippen molar-refractivity contribution in [2.24, 2.45) is 13.0 Å². The number of aliphatic carboxylic acids is 1. The molecule has 32 heavy (non-hydrogen) atoms. The number of unbranched alkanes of at least 4 members (excludes halogenated alkanes) is 2. The molecular formula is C24H29ClN4O3. The molecule has 170 valence electrons. The first-order valence-corrected chi connectivity index (χ1v) is 11.3. The Morgan fingerprint density at radius 3 is 2.75 bits per heavy atom. The van der Waals surface area contributed by atoms with E-state index in [0.717, 1.165) is 54.6 Å². The Balaban J connectivity index is 1.69. The van der Waals surface area contributed by atoms with Gasteiger partial charge in [0, 0.05) is 61.7 Å². The van der Waals surface area contributed by atoms with Gasteiger partial charge in [0.15, 0.2) is 5.78 Å². The van der Waals surface area contributed by atoms with Crippen LogP contribution in [0.15, 0.2) is 36.8 Å². The molecule has 1 atom stereocenters. The van der Waals surface area contributed by atoms with Crippen molar-refractivity contribution in [2.45, 2.75) is 45.4 Å². The van der Waals surface area contributed by atoms with E-state index >= 15 is 0 Å². The zero-order chi connectivity index (χ0) is 23.1. The van der Waals surface area contributed by atoms with Gasteiger partial charge in [0.25, 0.3) is 0 Å². The molecule has 3 aromatic rings. The van der Waals surface area contributed by atoms with Gasteiger partial charge in [0.05, 0.1) is 10.7 Å². The van der Waals surface area contributed by atoms with E-state index in [1.54, 1.807) is 31.6 Å². The van der Waals surface area contributed by atoms with Crippen LogP contribution >= 0.6 is 11.6 Å². The standard InChI is InChI=1S/C24H29ClN4O3/c1-16(12-22(31)32)11-21(30)23-19-13-17(25)14-28-24(19)29(2)20(23)8-4-3-5-10-27-18-7-6-9-26-15-18/h6-7,9,13-16,27H,3-5,8,10-12H2,1-2H3,(H,31,32)/t16-/m0/s1. The van der Waals surface area contributed by atoms with E-state index in [9.17, 15) is 9.59 Å². The number of nitrogens with one attached hydrogen (secondary N) is 1. The molecule has 0 spiro atoms. The van der Waals surface area contributed by atoms with Crippen LogP contribution in [0.3, 0.4) is 0 Å². The SMILES string of the molecule is C[C@H](CC(=O)O)CC(=O)c1c(CCCCCNc2cccnc2)n(C)c2ncc(Cl)cc12. The van der Waals surface area contributed by atoms with Gasteiger partial charge in [0.1, 0.15) is 5.65 Å². The van der Waals surface area contributed by atoms with Crippen molar-refractivity contribution in [2.75, 3.05) is 11.9 Å². The fourth-order valence-corrected chi connectivity index (χ4v) is 4.18. The second-order valence-corrected chi connectivity index (χ2v) is 8.65. The number of carbonyl (C=O) groups is 2. The van der Waals surface area contributed by atoms with Gasteiger partial charge in [0.2, 0.25) is 0 Å². The van der Waals surface area contributed by atoms with Crippen LogP contribution in [0.2, 0.25) is 5.02 Å². The summed E-state index contributed by atoms with van der Waals surface area (Å²) < 4.78 is 1.97. The van der Waals surface area contributed by atoms with E-state index in [4.69, 9.17) is 16.7 Å². The van der Waals surface area contributed by atoms with E-state index < -0.39 is 5.97 Å². The molecule has 0 aliphatic heterocycles. The van der Waals surface area contributed by atoms with Crippen LogP contribution in [0.1, 0.15) is 55.1 Å². The number of carboxylic acids is 1. The Morgan fingerprint density at radius 1 is 1.22 bits per heavy atom. The Labute approximate surface area is 192 Å². The lowest BCUT2D eigenvalue weighted by Crippen LogP contribution is -2.12. The van der Waals surface area contributed by atoms with Crippen LogP contribution in [0.5, 0.6) is 0 Å². The van der Waals surface area contributed by atoms with E-state index in [1.165, 1.54) is 0 Å². The number of ketones is 1. The van der Waals surface area contributed by atoms with E-state index in [-0.39, 0.29) is 24.5 Å². The van der Waals surface area contributed by atoms with Gasteiger partial charge in [-0.3, -0.25) is 14.6 Å². The van der Waals surface area contributed by atoms with E-state index in [0.29, 0.717) is 10.6 Å². The first-order chi connectivity index (χ1) is 15.4. The van der Waals surface area contributed by atoms with Gasteiger partial charge in [-0.1, -0.05) is 24.9 Å². The number of aryl methyl sites for hydroxylation is 1. The smallest absolute Gasteiger partial charge is 0.303 e. The quantitative estimate of drug-likeness (QED) is 0.289. The number of hydrogen-bond acceptors (Lipinski definition) is 5. The van der Waals surface area contributed by atoms with Crippen LogP contribution in [0.25, 0.3) is 11.0 Å². The van der Waals surface area contributed by atoms with Crippen LogP contribution < -0.4 is 5.32 Å². The minimum Gasteiger partial charge on any atom is -0.481 e. The van der Waals surface area contributed by atoms with Crippen molar-refractivity contribution in [1.82, 2.24) is 14.5 Å². The lowest BCUT2D eigenvalue weighted by Gasteiger charge is -2.11. The molecule has 3 aromatic heterocycles. The third-order valence-electron chi connectivity index (χ3n) is 5.53. The zero-order valence-corrected chi connectivity index (χ0v) is 19.2. The third-order valence-corrected chi connectivity index (χ3v) is 5.74. The summed E-state index contributed by atoms with van der Waals surface area (Å²) in [5.41, 5.74) is 3.29. The first kappa shape index (κ1) is 23.7. The van der Waals surface area contributed by atoms with Crippen molar-refractivity contribution in [3.8, 4) is 0 Å². The maximum absolute atomic E-state index is 13.2. The maximum atomic E-state index is 13.2. The predicted molar refractivity (Wildman–Crippen MR) is 126 cm³/mol. The molecule has 0 aliphatic carbocycles. The summed E-state index contributed by atoms with van der Waals surface area (Å²) in [6.07, 6.45) is 8.96.